The molecular weight excluding hydrogens is 447 g/mol. The van der Waals surface area contributed by atoms with Crippen LogP contribution in [-0.4, -0.2) is 58.9 Å². The molecule has 10 heteroatoms. The fourth-order valence-corrected chi connectivity index (χ4v) is 4.41. The number of ether oxygens (including phenoxy) is 1. The third-order valence-electron chi connectivity index (χ3n) is 5.43. The van der Waals surface area contributed by atoms with Gasteiger partial charge in [-0.15, -0.1) is 0 Å². The highest BCUT2D eigenvalue weighted by atomic mass is 32.2. The van der Waals surface area contributed by atoms with E-state index < -0.39 is 17.6 Å². The van der Waals surface area contributed by atoms with E-state index in [9.17, 15) is 22.9 Å². The van der Waals surface area contributed by atoms with E-state index in [1.165, 1.54) is 0 Å². The summed E-state index contributed by atoms with van der Waals surface area (Å²) in [7, 11) is -3.00. The van der Waals surface area contributed by atoms with Crippen molar-refractivity contribution in [2.75, 3.05) is 48.7 Å². The number of anilines is 3. The molecule has 8 nitrogen and oxygen atoms in total. The summed E-state index contributed by atoms with van der Waals surface area (Å²) in [5, 5.41) is 9.73. The van der Waals surface area contributed by atoms with Crippen LogP contribution in [0.1, 0.15) is 24.5 Å². The smallest absolute Gasteiger partial charge is 0.409 e. The molecule has 0 aromatic heterocycles. The van der Waals surface area contributed by atoms with Crippen molar-refractivity contribution in [2.45, 2.75) is 19.8 Å². The second kappa shape index (κ2) is 11.5. The molecule has 0 spiro atoms. The molecule has 176 valence electrons. The highest BCUT2D eigenvalue weighted by Crippen LogP contribution is 2.31. The molecule has 0 atom stereocenters. The number of carbonyl (C=O) groups is 1. The number of hydrogen-bond acceptors (Lipinski definition) is 6. The second-order valence-electron chi connectivity index (χ2n) is 7.49. The van der Waals surface area contributed by atoms with Crippen molar-refractivity contribution in [3.63, 3.8) is 0 Å². The summed E-state index contributed by atoms with van der Waals surface area (Å²) >= 11 is 0. The molecule has 0 N–H and O–H groups in total. The molecule has 3 rings (SSSR count). The predicted molar refractivity (Wildman–Crippen MR) is 125 cm³/mol. The van der Waals surface area contributed by atoms with Crippen LogP contribution < -0.4 is 9.21 Å². The van der Waals surface area contributed by atoms with Crippen LogP contribution in [0.5, 0.6) is 0 Å². The lowest BCUT2D eigenvalue weighted by Gasteiger charge is -2.36. The van der Waals surface area contributed by atoms with Gasteiger partial charge in [-0.25, -0.2) is 17.5 Å². The Morgan fingerprint density at radius 3 is 2.36 bits per heavy atom. The van der Waals surface area contributed by atoms with Crippen molar-refractivity contribution in [1.29, 1.82) is 5.26 Å². The van der Waals surface area contributed by atoms with Gasteiger partial charge in [0.15, 0.2) is 0 Å². The third-order valence-corrected chi connectivity index (χ3v) is 6.22. The summed E-state index contributed by atoms with van der Waals surface area (Å²) in [6.07, 6.45) is 0.648. The van der Waals surface area contributed by atoms with Gasteiger partial charge in [0.25, 0.3) is 0 Å². The number of rotatable bonds is 8. The van der Waals surface area contributed by atoms with Crippen LogP contribution in [0.25, 0.3) is 0 Å². The first-order valence-electron chi connectivity index (χ1n) is 10.8. The van der Waals surface area contributed by atoms with Crippen LogP contribution in [0.4, 0.5) is 26.2 Å². The summed E-state index contributed by atoms with van der Waals surface area (Å²) < 4.78 is 42.7. The SMILES string of the molecule is CCOC(=O)N1CCN(c2ccc(N(c3ccc(CCCF)cc3)[SH](=O)=O)cc2C#N)CC1. The zero-order valence-corrected chi connectivity index (χ0v) is 19.3. The van der Waals surface area contributed by atoms with Crippen LogP contribution in [-0.2, 0) is 22.0 Å². The molecule has 1 heterocycles. The molecule has 2 aromatic carbocycles. The molecule has 1 aliphatic heterocycles. The highest BCUT2D eigenvalue weighted by Gasteiger charge is 2.24. The Kier molecular flexibility index (Phi) is 8.49. The lowest BCUT2D eigenvalue weighted by molar-refractivity contribution is 0.105. The van der Waals surface area contributed by atoms with Gasteiger partial charge in [-0.1, -0.05) is 12.1 Å². The summed E-state index contributed by atoms with van der Waals surface area (Å²) in [5.41, 5.74) is 2.75. The number of nitriles is 1. The van der Waals surface area contributed by atoms with Crippen molar-refractivity contribution in [1.82, 2.24) is 4.90 Å². The quantitative estimate of drug-likeness (QED) is 0.590. The Morgan fingerprint density at radius 2 is 1.79 bits per heavy atom. The number of amides is 1. The normalized spacial score (nSPS) is 13.6. The van der Waals surface area contributed by atoms with E-state index in [-0.39, 0.29) is 6.09 Å². The van der Waals surface area contributed by atoms with Gasteiger partial charge in [0, 0.05) is 26.2 Å². The minimum atomic E-state index is -3.00. The van der Waals surface area contributed by atoms with Crippen LogP contribution in [0.2, 0.25) is 0 Å². The molecule has 0 unspecified atom stereocenters. The first kappa shape index (κ1) is 24.3. The minimum Gasteiger partial charge on any atom is -0.450 e. The largest absolute Gasteiger partial charge is 0.450 e. The Labute approximate surface area is 194 Å². The van der Waals surface area contributed by atoms with E-state index in [0.29, 0.717) is 68.3 Å². The maximum Gasteiger partial charge on any atom is 0.409 e. The average molecular weight is 475 g/mol. The second-order valence-corrected chi connectivity index (χ2v) is 8.37. The molecule has 1 aliphatic rings. The average Bonchev–Trinajstić information content (AvgIpc) is 2.83. The predicted octanol–water partition coefficient (Wildman–Crippen LogP) is 3.40. The Balaban J connectivity index is 1.80. The van der Waals surface area contributed by atoms with Gasteiger partial charge in [-0.2, -0.15) is 5.26 Å². The maximum absolute atomic E-state index is 12.4. The number of benzene rings is 2. The van der Waals surface area contributed by atoms with Crippen LogP contribution in [0, 0.1) is 11.3 Å². The lowest BCUT2D eigenvalue weighted by atomic mass is 10.1. The molecule has 0 saturated carbocycles. The minimum absolute atomic E-state index is 0.317. The molecule has 0 aliphatic carbocycles. The van der Waals surface area contributed by atoms with Crippen molar-refractivity contribution < 1.29 is 22.3 Å². The molecule has 33 heavy (non-hydrogen) atoms. The molecule has 0 bridgehead atoms. The van der Waals surface area contributed by atoms with Crippen LogP contribution in [0.15, 0.2) is 42.5 Å². The van der Waals surface area contributed by atoms with E-state index in [1.54, 1.807) is 54.3 Å². The van der Waals surface area contributed by atoms with Crippen LogP contribution in [0.3, 0.4) is 0 Å². The molecule has 2 aromatic rings. The molecule has 1 fully saturated rings. The Hall–Kier alpha value is -3.32. The number of carbonyl (C=O) groups excluding carboxylic acids is 1. The number of nitrogens with zero attached hydrogens (tertiary/aromatic N) is 4. The van der Waals surface area contributed by atoms with Crippen molar-refractivity contribution >= 4 is 34.0 Å². The number of aryl methyl sites for hydroxylation is 1. The van der Waals surface area contributed by atoms with Gasteiger partial charge >= 0.3 is 6.09 Å². The zero-order valence-electron chi connectivity index (χ0n) is 18.4. The van der Waals surface area contributed by atoms with Crippen molar-refractivity contribution in [3.05, 3.63) is 53.6 Å². The van der Waals surface area contributed by atoms with E-state index in [1.807, 2.05) is 4.90 Å². The maximum atomic E-state index is 12.4. The third kappa shape index (κ3) is 5.93. The molecule has 1 amide bonds. The standard InChI is InChI=1S/C23H27FN4O4S/c1-2-32-23(29)27-14-12-26(13-15-27)22-10-9-21(16-19(22)17-25)28(33(30)31)20-7-5-18(6-8-20)4-3-11-24/h5-10,16,33H,2-4,11-15H2,1H3. The van der Waals surface area contributed by atoms with Gasteiger partial charge in [0.05, 0.1) is 35.9 Å². The van der Waals surface area contributed by atoms with E-state index >= 15 is 0 Å². The number of hydrogen-bond donors (Lipinski definition) is 1. The van der Waals surface area contributed by atoms with Crippen molar-refractivity contribution in [2.24, 2.45) is 0 Å². The van der Waals surface area contributed by atoms with Crippen LogP contribution >= 0.6 is 0 Å². The zero-order chi connectivity index (χ0) is 23.8. The van der Waals surface area contributed by atoms with E-state index in [4.69, 9.17) is 4.74 Å². The van der Waals surface area contributed by atoms with Gasteiger partial charge in [-0.05, 0) is 55.7 Å². The summed E-state index contributed by atoms with van der Waals surface area (Å²) in [6, 6.07) is 14.0. The number of alkyl halides is 1. The first-order valence-corrected chi connectivity index (χ1v) is 11.9. The fourth-order valence-electron chi connectivity index (χ4n) is 3.78. The number of halogens is 1. The molecule has 1 saturated heterocycles. The van der Waals surface area contributed by atoms with Gasteiger partial charge < -0.3 is 14.5 Å². The number of piperazine rings is 1. The monoisotopic (exact) mass is 474 g/mol. The van der Waals surface area contributed by atoms with Gasteiger partial charge in [0.1, 0.15) is 6.07 Å². The number of thiol groups is 1. The first-order chi connectivity index (χ1) is 16.0. The highest BCUT2D eigenvalue weighted by molar-refractivity contribution is 7.74. The summed E-state index contributed by atoms with van der Waals surface area (Å²) in [6.45, 7) is 3.69. The Bertz CT molecular complexity index is 1070. The lowest BCUT2D eigenvalue weighted by Crippen LogP contribution is -2.49. The fraction of sp³-hybridized carbons (Fsp3) is 0.391. The topological polar surface area (TPSA) is 93.9 Å². The van der Waals surface area contributed by atoms with E-state index in [2.05, 4.69) is 6.07 Å². The van der Waals surface area contributed by atoms with Crippen molar-refractivity contribution in [3.8, 4) is 6.07 Å². The Morgan fingerprint density at radius 1 is 1.12 bits per heavy atom. The van der Waals surface area contributed by atoms with E-state index in [0.717, 1.165) is 9.87 Å². The summed E-state index contributed by atoms with van der Waals surface area (Å²) in [4.78, 5) is 15.5. The summed E-state index contributed by atoms with van der Waals surface area (Å²) in [5.74, 6) is 0. The molecular formula is C23H27FN4O4S. The van der Waals surface area contributed by atoms with Gasteiger partial charge in [0.2, 0.25) is 10.9 Å². The molecule has 0 radical (unpaired) electrons. The van der Waals surface area contributed by atoms with Gasteiger partial charge in [-0.3, -0.25) is 4.39 Å².